The summed E-state index contributed by atoms with van der Waals surface area (Å²) in [4.78, 5) is 42.1. The van der Waals surface area contributed by atoms with Gasteiger partial charge in [0, 0.05) is 45.1 Å². The summed E-state index contributed by atoms with van der Waals surface area (Å²) in [5.41, 5.74) is 0.885. The van der Waals surface area contributed by atoms with Gasteiger partial charge in [0.1, 0.15) is 5.82 Å². The number of imidazole rings is 1. The number of anilines is 2. The third-order valence-corrected chi connectivity index (χ3v) is 6.27. The Hall–Kier alpha value is -4.37. The van der Waals surface area contributed by atoms with Crippen molar-refractivity contribution in [1.82, 2.24) is 29.5 Å². The van der Waals surface area contributed by atoms with Crippen LogP contribution in [0.2, 0.25) is 0 Å². The summed E-state index contributed by atoms with van der Waals surface area (Å²) in [6.45, 7) is 2.46. The van der Waals surface area contributed by atoms with Crippen LogP contribution in [0.15, 0.2) is 36.7 Å². The number of carbonyl (C=O) groups is 1. The molecular formula is C24H24F3N9O3. The van der Waals surface area contributed by atoms with Crippen LogP contribution in [0.5, 0.6) is 0 Å². The van der Waals surface area contributed by atoms with Gasteiger partial charge in [-0.25, -0.2) is 29.7 Å². The van der Waals surface area contributed by atoms with E-state index in [1.165, 1.54) is 24.5 Å². The van der Waals surface area contributed by atoms with Gasteiger partial charge in [-0.15, -0.1) is 0 Å². The lowest BCUT2D eigenvalue weighted by molar-refractivity contribution is -0.137. The molecule has 12 nitrogen and oxygen atoms in total. The number of carbonyl (C=O) groups excluding carboxylic acids is 1. The number of nitrogens with zero attached hydrogens (tertiary/aromatic N) is 8. The predicted molar refractivity (Wildman–Crippen MR) is 134 cm³/mol. The minimum atomic E-state index is -4.44. The molecule has 1 aromatic carbocycles. The Morgan fingerprint density at radius 2 is 1.77 bits per heavy atom. The maximum Gasteiger partial charge on any atom is 0.416 e. The molecule has 4 heterocycles. The van der Waals surface area contributed by atoms with Gasteiger partial charge in [-0.05, 0) is 12.1 Å². The van der Waals surface area contributed by atoms with Crippen LogP contribution in [0.4, 0.5) is 24.9 Å². The highest BCUT2D eigenvalue weighted by molar-refractivity contribution is 5.88. The van der Waals surface area contributed by atoms with E-state index >= 15 is 0 Å². The van der Waals surface area contributed by atoms with Gasteiger partial charge in [-0.3, -0.25) is 0 Å². The number of fused-ring (bicyclic) bond motifs is 1. The number of hydrogen-bond donors (Lipinski definition) is 1. The molecule has 2 N–H and O–H groups in total. The molecule has 0 amide bonds. The van der Waals surface area contributed by atoms with Crippen molar-refractivity contribution >= 4 is 28.9 Å². The standard InChI is InChI=1S/C24H24F3N9O3/c1-34(23-29-11-15(12-30-23)22(37)39-28)13-17-31-18-20(35(17)2)32-19(33-21(18)36-7-9-38-10-8-36)14-3-5-16(6-4-14)24(25,26)27/h3-6,11-12H,7-10,13,28H2,1-2H3. The molecule has 3 aromatic heterocycles. The van der Waals surface area contributed by atoms with E-state index in [2.05, 4.69) is 19.8 Å². The Morgan fingerprint density at radius 3 is 2.38 bits per heavy atom. The molecule has 204 valence electrons. The number of ether oxygens (including phenoxy) is 1. The summed E-state index contributed by atoms with van der Waals surface area (Å²) in [7, 11) is 3.56. The van der Waals surface area contributed by atoms with Crippen molar-refractivity contribution in [2.75, 3.05) is 43.2 Å². The van der Waals surface area contributed by atoms with E-state index in [0.29, 0.717) is 60.6 Å². The first-order chi connectivity index (χ1) is 18.7. The van der Waals surface area contributed by atoms with E-state index in [-0.39, 0.29) is 17.9 Å². The Labute approximate surface area is 220 Å². The lowest BCUT2D eigenvalue weighted by atomic mass is 10.1. The molecule has 1 aliphatic heterocycles. The van der Waals surface area contributed by atoms with Crippen molar-refractivity contribution in [2.24, 2.45) is 12.9 Å². The van der Waals surface area contributed by atoms with Crippen LogP contribution >= 0.6 is 0 Å². The van der Waals surface area contributed by atoms with Crippen LogP contribution in [0.3, 0.4) is 0 Å². The molecule has 1 aliphatic rings. The zero-order valence-electron chi connectivity index (χ0n) is 21.0. The third kappa shape index (κ3) is 5.31. The third-order valence-electron chi connectivity index (χ3n) is 6.27. The number of benzene rings is 1. The van der Waals surface area contributed by atoms with Crippen molar-refractivity contribution in [1.29, 1.82) is 0 Å². The molecule has 5 rings (SSSR count). The Balaban J connectivity index is 1.52. The Bertz CT molecular complexity index is 1490. The first-order valence-corrected chi connectivity index (χ1v) is 11.8. The lowest BCUT2D eigenvalue weighted by Gasteiger charge is -2.28. The molecule has 0 saturated carbocycles. The molecule has 0 atom stereocenters. The minimum Gasteiger partial charge on any atom is -0.378 e. The maximum atomic E-state index is 13.1. The summed E-state index contributed by atoms with van der Waals surface area (Å²) < 4.78 is 46.6. The number of alkyl halides is 3. The highest BCUT2D eigenvalue weighted by atomic mass is 19.4. The molecule has 0 bridgehead atoms. The van der Waals surface area contributed by atoms with Gasteiger partial charge >= 0.3 is 12.1 Å². The van der Waals surface area contributed by atoms with Crippen molar-refractivity contribution in [3.05, 3.63) is 53.6 Å². The highest BCUT2D eigenvalue weighted by Gasteiger charge is 2.30. The SMILES string of the molecule is CN(Cc1nc2c(N3CCOCC3)nc(-c3ccc(C(F)(F)F)cc3)nc2n1C)c1ncc(C(=O)ON)cn1. The topological polar surface area (TPSA) is 137 Å². The summed E-state index contributed by atoms with van der Waals surface area (Å²) >= 11 is 0. The van der Waals surface area contributed by atoms with Gasteiger partial charge in [0.25, 0.3) is 0 Å². The average molecular weight is 544 g/mol. The zero-order valence-corrected chi connectivity index (χ0v) is 21.0. The molecular weight excluding hydrogens is 519 g/mol. The number of rotatable bonds is 6. The van der Waals surface area contributed by atoms with Gasteiger partial charge < -0.3 is 23.9 Å². The van der Waals surface area contributed by atoms with E-state index < -0.39 is 17.7 Å². The largest absolute Gasteiger partial charge is 0.416 e. The van der Waals surface area contributed by atoms with Crippen molar-refractivity contribution < 1.29 is 27.5 Å². The molecule has 4 aromatic rings. The van der Waals surface area contributed by atoms with Crippen LogP contribution in [0.1, 0.15) is 21.7 Å². The van der Waals surface area contributed by atoms with Crippen molar-refractivity contribution in [3.63, 3.8) is 0 Å². The fourth-order valence-corrected chi connectivity index (χ4v) is 4.14. The molecule has 15 heteroatoms. The molecule has 0 spiro atoms. The second-order valence-electron chi connectivity index (χ2n) is 8.84. The maximum absolute atomic E-state index is 13.1. The van der Waals surface area contributed by atoms with Gasteiger partial charge in [-0.2, -0.15) is 19.1 Å². The van der Waals surface area contributed by atoms with Crippen LogP contribution in [0.25, 0.3) is 22.6 Å². The van der Waals surface area contributed by atoms with Crippen molar-refractivity contribution in [2.45, 2.75) is 12.7 Å². The second-order valence-corrected chi connectivity index (χ2v) is 8.84. The molecule has 0 unspecified atom stereocenters. The van der Waals surface area contributed by atoms with Crippen LogP contribution in [-0.4, -0.2) is 68.8 Å². The van der Waals surface area contributed by atoms with Gasteiger partial charge in [0.2, 0.25) is 5.95 Å². The first-order valence-electron chi connectivity index (χ1n) is 11.8. The van der Waals surface area contributed by atoms with Gasteiger partial charge in [0.15, 0.2) is 22.8 Å². The summed E-state index contributed by atoms with van der Waals surface area (Å²) in [5, 5.41) is 0. The van der Waals surface area contributed by atoms with Crippen molar-refractivity contribution in [3.8, 4) is 11.4 Å². The van der Waals surface area contributed by atoms with Gasteiger partial charge in [-0.1, -0.05) is 12.1 Å². The predicted octanol–water partition coefficient (Wildman–Crippen LogP) is 2.34. The van der Waals surface area contributed by atoms with Crippen LogP contribution in [-0.2, 0) is 29.3 Å². The first kappa shape index (κ1) is 26.2. The monoisotopic (exact) mass is 543 g/mol. The number of aryl methyl sites for hydroxylation is 1. The molecule has 39 heavy (non-hydrogen) atoms. The molecule has 0 radical (unpaired) electrons. The summed E-state index contributed by atoms with van der Waals surface area (Å²) in [6, 6.07) is 4.75. The lowest BCUT2D eigenvalue weighted by Crippen LogP contribution is -2.37. The number of morpholine rings is 1. The highest BCUT2D eigenvalue weighted by Crippen LogP contribution is 2.32. The number of nitrogens with two attached hydrogens (primary N) is 1. The fraction of sp³-hybridized carbons (Fsp3) is 0.333. The van der Waals surface area contributed by atoms with E-state index in [1.54, 1.807) is 23.6 Å². The molecule has 1 fully saturated rings. The Morgan fingerprint density at radius 1 is 1.10 bits per heavy atom. The van der Waals surface area contributed by atoms with Crippen LogP contribution in [0, 0.1) is 0 Å². The fourth-order valence-electron chi connectivity index (χ4n) is 4.14. The average Bonchev–Trinajstić information content (AvgIpc) is 3.26. The van der Waals surface area contributed by atoms with E-state index in [0.717, 1.165) is 12.1 Å². The zero-order chi connectivity index (χ0) is 27.7. The van der Waals surface area contributed by atoms with E-state index in [4.69, 9.17) is 20.6 Å². The van der Waals surface area contributed by atoms with Crippen LogP contribution < -0.4 is 15.7 Å². The number of hydrogen-bond acceptors (Lipinski definition) is 11. The normalized spacial score (nSPS) is 14.1. The number of aromatic nitrogens is 6. The van der Waals surface area contributed by atoms with Gasteiger partial charge in [0.05, 0.1) is 30.9 Å². The minimum absolute atomic E-state index is 0.110. The second kappa shape index (κ2) is 10.4. The molecule has 0 aliphatic carbocycles. The quantitative estimate of drug-likeness (QED) is 0.359. The molecule has 1 saturated heterocycles. The Kier molecular flexibility index (Phi) is 7.01. The summed E-state index contributed by atoms with van der Waals surface area (Å²) in [5.74, 6) is 5.96. The number of halogens is 3. The van der Waals surface area contributed by atoms with E-state index in [1.807, 2.05) is 4.90 Å². The summed E-state index contributed by atoms with van der Waals surface area (Å²) in [6.07, 6.45) is -1.83. The van der Waals surface area contributed by atoms with E-state index in [9.17, 15) is 18.0 Å². The smallest absolute Gasteiger partial charge is 0.378 e.